The summed E-state index contributed by atoms with van der Waals surface area (Å²) in [6.07, 6.45) is -5.85. The summed E-state index contributed by atoms with van der Waals surface area (Å²) in [6.45, 7) is 0.414. The number of nitrogens with zero attached hydrogens (tertiary/aromatic N) is 2. The van der Waals surface area contributed by atoms with Gasteiger partial charge in [-0.25, -0.2) is 0 Å². The highest BCUT2D eigenvalue weighted by molar-refractivity contribution is 5.97. The van der Waals surface area contributed by atoms with Crippen molar-refractivity contribution in [1.29, 1.82) is 0 Å². The lowest BCUT2D eigenvalue weighted by atomic mass is 10.0. The van der Waals surface area contributed by atoms with E-state index in [1.807, 2.05) is 30.3 Å². The minimum atomic E-state index is -4.41. The zero-order chi connectivity index (χ0) is 17.0. The van der Waals surface area contributed by atoms with Crippen LogP contribution in [0.3, 0.4) is 0 Å². The number of hydrogen-bond acceptors (Lipinski definition) is 3. The molecule has 23 heavy (non-hydrogen) atoms. The fraction of sp³-hybridized carbons (Fsp3) is 0.562. The number of piperidine rings is 1. The maximum Gasteiger partial charge on any atom is 0.391 e. The monoisotopic (exact) mass is 330 g/mol. The van der Waals surface area contributed by atoms with E-state index >= 15 is 0 Å². The number of anilines is 1. The Kier molecular flexibility index (Phi) is 5.64. The predicted molar refractivity (Wildman–Crippen MR) is 81.1 cm³/mol. The Hall–Kier alpha value is -1.60. The zero-order valence-corrected chi connectivity index (χ0v) is 13.0. The summed E-state index contributed by atoms with van der Waals surface area (Å²) in [5.74, 6) is -0.135. The standard InChI is InChI=1S/C16H21F3N2O2/c1-20(11-13(22)10-16(17,18)19)14-8-5-9-21(15(14)23)12-6-3-2-4-7-12/h2-4,6-7,13-14,22H,5,8-11H2,1H3/t13-,14+/m0/s1. The summed E-state index contributed by atoms with van der Waals surface area (Å²) in [7, 11) is 1.58. The van der Waals surface area contributed by atoms with Gasteiger partial charge in [0.2, 0.25) is 5.91 Å². The van der Waals surface area contributed by atoms with Crippen LogP contribution in [0.15, 0.2) is 30.3 Å². The number of carbonyl (C=O) groups is 1. The summed E-state index contributed by atoms with van der Waals surface area (Å²) in [5, 5.41) is 9.57. The number of benzene rings is 1. The van der Waals surface area contributed by atoms with E-state index in [-0.39, 0.29) is 12.5 Å². The molecule has 0 spiro atoms. The van der Waals surface area contributed by atoms with Crippen molar-refractivity contribution in [2.75, 3.05) is 25.0 Å². The van der Waals surface area contributed by atoms with Crippen LogP contribution in [0.2, 0.25) is 0 Å². The Morgan fingerprint density at radius 2 is 2.00 bits per heavy atom. The number of para-hydroxylation sites is 1. The highest BCUT2D eigenvalue weighted by Gasteiger charge is 2.35. The van der Waals surface area contributed by atoms with Crippen LogP contribution in [0.1, 0.15) is 19.3 Å². The molecule has 128 valence electrons. The highest BCUT2D eigenvalue weighted by atomic mass is 19.4. The van der Waals surface area contributed by atoms with Gasteiger partial charge in [0.05, 0.1) is 18.6 Å². The minimum Gasteiger partial charge on any atom is -0.391 e. The number of rotatable bonds is 5. The first-order chi connectivity index (χ1) is 10.8. The second-order valence-corrected chi connectivity index (χ2v) is 5.90. The lowest BCUT2D eigenvalue weighted by molar-refractivity contribution is -0.155. The van der Waals surface area contributed by atoms with Crippen molar-refractivity contribution < 1.29 is 23.1 Å². The van der Waals surface area contributed by atoms with E-state index in [4.69, 9.17) is 0 Å². The van der Waals surface area contributed by atoms with Gasteiger partial charge >= 0.3 is 6.18 Å². The van der Waals surface area contributed by atoms with Crippen molar-refractivity contribution in [3.63, 3.8) is 0 Å². The summed E-state index contributed by atoms with van der Waals surface area (Å²) < 4.78 is 36.9. The van der Waals surface area contributed by atoms with E-state index in [2.05, 4.69) is 0 Å². The molecule has 1 aromatic carbocycles. The quantitative estimate of drug-likeness (QED) is 0.902. The second kappa shape index (κ2) is 7.31. The topological polar surface area (TPSA) is 43.8 Å². The Labute approximate surface area is 133 Å². The van der Waals surface area contributed by atoms with Crippen LogP contribution in [0, 0.1) is 0 Å². The molecule has 0 radical (unpaired) electrons. The Morgan fingerprint density at radius 3 is 2.61 bits per heavy atom. The number of alkyl halides is 3. The molecule has 1 N–H and O–H groups in total. The van der Waals surface area contributed by atoms with Crippen molar-refractivity contribution in [1.82, 2.24) is 4.90 Å². The largest absolute Gasteiger partial charge is 0.391 e. The number of halogens is 3. The third-order valence-corrected chi connectivity index (χ3v) is 3.98. The van der Waals surface area contributed by atoms with E-state index < -0.39 is 24.7 Å². The molecule has 0 saturated carbocycles. The number of amides is 1. The third kappa shape index (κ3) is 4.94. The van der Waals surface area contributed by atoms with Crippen molar-refractivity contribution >= 4 is 11.6 Å². The lowest BCUT2D eigenvalue weighted by Gasteiger charge is -2.37. The van der Waals surface area contributed by atoms with Gasteiger partial charge in [0.25, 0.3) is 0 Å². The first-order valence-electron chi connectivity index (χ1n) is 7.59. The van der Waals surface area contributed by atoms with Gasteiger partial charge in [-0.15, -0.1) is 0 Å². The second-order valence-electron chi connectivity index (χ2n) is 5.90. The van der Waals surface area contributed by atoms with Gasteiger partial charge in [0, 0.05) is 18.8 Å². The molecule has 1 aliphatic heterocycles. The van der Waals surface area contributed by atoms with Gasteiger partial charge in [0.15, 0.2) is 0 Å². The molecule has 1 aromatic rings. The molecule has 7 heteroatoms. The predicted octanol–water partition coefficient (Wildman–Crippen LogP) is 2.43. The minimum absolute atomic E-state index is 0.135. The van der Waals surface area contributed by atoms with Crippen LogP contribution in [-0.4, -0.2) is 54.4 Å². The van der Waals surface area contributed by atoms with Gasteiger partial charge in [-0.05, 0) is 32.0 Å². The molecular weight excluding hydrogens is 309 g/mol. The van der Waals surface area contributed by atoms with Crippen LogP contribution in [0.25, 0.3) is 0 Å². The van der Waals surface area contributed by atoms with Crippen LogP contribution in [-0.2, 0) is 4.79 Å². The van der Waals surface area contributed by atoms with Crippen LogP contribution >= 0.6 is 0 Å². The molecule has 1 saturated heterocycles. The van der Waals surface area contributed by atoms with E-state index in [0.29, 0.717) is 13.0 Å². The van der Waals surface area contributed by atoms with E-state index in [1.54, 1.807) is 11.9 Å². The van der Waals surface area contributed by atoms with Crippen molar-refractivity contribution in [3.05, 3.63) is 30.3 Å². The average molecular weight is 330 g/mol. The van der Waals surface area contributed by atoms with Gasteiger partial charge in [-0.2, -0.15) is 13.2 Å². The molecule has 1 aliphatic rings. The summed E-state index contributed by atoms with van der Waals surface area (Å²) in [6, 6.07) is 8.69. The Bertz CT molecular complexity index is 522. The first kappa shape index (κ1) is 17.7. The van der Waals surface area contributed by atoms with Gasteiger partial charge in [-0.1, -0.05) is 18.2 Å². The molecule has 0 unspecified atom stereocenters. The molecule has 1 heterocycles. The summed E-state index contributed by atoms with van der Waals surface area (Å²) >= 11 is 0. The number of aliphatic hydroxyl groups excluding tert-OH is 1. The molecule has 2 rings (SSSR count). The van der Waals surface area contributed by atoms with Gasteiger partial charge in [0.1, 0.15) is 0 Å². The molecule has 0 aromatic heterocycles. The molecule has 0 bridgehead atoms. The number of aliphatic hydroxyl groups is 1. The highest BCUT2D eigenvalue weighted by Crippen LogP contribution is 2.25. The van der Waals surface area contributed by atoms with E-state index in [9.17, 15) is 23.1 Å². The molecular formula is C16H21F3N2O2. The van der Waals surface area contributed by atoms with Crippen molar-refractivity contribution in [3.8, 4) is 0 Å². The number of hydrogen-bond donors (Lipinski definition) is 1. The smallest absolute Gasteiger partial charge is 0.391 e. The van der Waals surface area contributed by atoms with E-state index in [0.717, 1.165) is 12.1 Å². The lowest BCUT2D eigenvalue weighted by Crippen LogP contribution is -2.53. The normalized spacial score (nSPS) is 20.9. The van der Waals surface area contributed by atoms with Crippen LogP contribution < -0.4 is 4.90 Å². The fourth-order valence-corrected chi connectivity index (χ4v) is 2.92. The van der Waals surface area contributed by atoms with Gasteiger partial charge in [-0.3, -0.25) is 9.69 Å². The molecule has 2 atom stereocenters. The first-order valence-corrected chi connectivity index (χ1v) is 7.59. The number of carbonyl (C=O) groups excluding carboxylic acids is 1. The summed E-state index contributed by atoms with van der Waals surface area (Å²) in [4.78, 5) is 15.8. The molecule has 1 amide bonds. The molecule has 0 aliphatic carbocycles. The average Bonchev–Trinajstić information content (AvgIpc) is 2.46. The summed E-state index contributed by atoms with van der Waals surface area (Å²) in [5.41, 5.74) is 0.784. The number of likely N-dealkylation sites (N-methyl/N-ethyl adjacent to an activating group) is 1. The Morgan fingerprint density at radius 1 is 1.35 bits per heavy atom. The van der Waals surface area contributed by atoms with Crippen molar-refractivity contribution in [2.45, 2.75) is 37.6 Å². The molecule has 4 nitrogen and oxygen atoms in total. The SMILES string of the molecule is CN(C[C@@H](O)CC(F)(F)F)[C@@H]1CCCN(c2ccccc2)C1=O. The fourth-order valence-electron chi connectivity index (χ4n) is 2.92. The van der Waals surface area contributed by atoms with E-state index in [1.165, 1.54) is 4.90 Å². The third-order valence-electron chi connectivity index (χ3n) is 3.98. The Balaban J connectivity index is 2.00. The van der Waals surface area contributed by atoms with Crippen molar-refractivity contribution in [2.24, 2.45) is 0 Å². The maximum atomic E-state index is 12.6. The zero-order valence-electron chi connectivity index (χ0n) is 13.0. The maximum absolute atomic E-state index is 12.6. The van der Waals surface area contributed by atoms with Crippen LogP contribution in [0.5, 0.6) is 0 Å². The van der Waals surface area contributed by atoms with Gasteiger partial charge < -0.3 is 10.0 Å². The molecule has 1 fully saturated rings. The van der Waals surface area contributed by atoms with Crippen LogP contribution in [0.4, 0.5) is 18.9 Å².